The first kappa shape index (κ1) is 10.7. The molecule has 0 saturated carbocycles. The summed E-state index contributed by atoms with van der Waals surface area (Å²) >= 11 is 0. The van der Waals surface area contributed by atoms with Crippen LogP contribution in [-0.2, 0) is 4.79 Å². The van der Waals surface area contributed by atoms with Crippen molar-refractivity contribution in [2.24, 2.45) is 5.92 Å². The van der Waals surface area contributed by atoms with Crippen LogP contribution in [0.3, 0.4) is 0 Å². The third-order valence-electron chi connectivity index (χ3n) is 1.36. The summed E-state index contributed by atoms with van der Waals surface area (Å²) in [6.45, 7) is 2.15. The number of amides is 2. The van der Waals surface area contributed by atoms with Crippen molar-refractivity contribution in [3.05, 3.63) is 0 Å². The fourth-order valence-electron chi connectivity index (χ4n) is 0.726. The van der Waals surface area contributed by atoms with E-state index in [0.717, 1.165) is 0 Å². The lowest BCUT2D eigenvalue weighted by atomic mass is 10.1. The van der Waals surface area contributed by atoms with Crippen LogP contribution in [0.5, 0.6) is 0 Å². The maximum absolute atomic E-state index is 10.6. The van der Waals surface area contributed by atoms with Crippen molar-refractivity contribution in [2.75, 3.05) is 13.6 Å². The number of rotatable bonds is 4. The van der Waals surface area contributed by atoms with Crippen LogP contribution < -0.4 is 10.6 Å². The molecule has 0 heterocycles. The minimum absolute atomic E-state index is 0.0419. The van der Waals surface area contributed by atoms with Gasteiger partial charge in [-0.3, -0.25) is 4.79 Å². The van der Waals surface area contributed by atoms with Crippen LogP contribution in [0.2, 0.25) is 0 Å². The molecular weight excluding hydrogens is 160 g/mol. The molecule has 0 spiro atoms. The Morgan fingerprint density at radius 2 is 2.08 bits per heavy atom. The summed E-state index contributed by atoms with van der Waals surface area (Å²) in [5.74, 6) is -0.888. The van der Waals surface area contributed by atoms with E-state index in [-0.39, 0.29) is 18.4 Å². The van der Waals surface area contributed by atoms with Gasteiger partial charge >= 0.3 is 12.0 Å². The monoisotopic (exact) mass is 174 g/mol. The van der Waals surface area contributed by atoms with Gasteiger partial charge in [-0.05, 0) is 5.92 Å². The molecule has 5 heteroatoms. The average molecular weight is 174 g/mol. The van der Waals surface area contributed by atoms with Crippen LogP contribution in [-0.4, -0.2) is 30.7 Å². The highest BCUT2D eigenvalue weighted by molar-refractivity contribution is 5.73. The minimum Gasteiger partial charge on any atom is -0.481 e. The quantitative estimate of drug-likeness (QED) is 0.562. The predicted octanol–water partition coefficient (Wildman–Crippen LogP) is 0.0262. The number of carboxylic acids is 1. The Kier molecular flexibility index (Phi) is 4.83. The van der Waals surface area contributed by atoms with E-state index < -0.39 is 5.97 Å². The Hall–Kier alpha value is -1.26. The van der Waals surface area contributed by atoms with Crippen molar-refractivity contribution >= 4 is 12.0 Å². The number of nitrogens with one attached hydrogen (secondary N) is 2. The molecule has 2 amide bonds. The lowest BCUT2D eigenvalue weighted by Crippen LogP contribution is -2.35. The van der Waals surface area contributed by atoms with Gasteiger partial charge in [-0.15, -0.1) is 0 Å². The number of carbonyl (C=O) groups is 2. The molecule has 12 heavy (non-hydrogen) atoms. The summed E-state index contributed by atoms with van der Waals surface area (Å²) in [5.41, 5.74) is 0. The standard InChI is InChI=1S/C7H14N2O3/c1-5(3-6(10)11)4-9-7(12)8-2/h5H,3-4H2,1-2H3,(H,10,11)(H2,8,9,12). The summed E-state index contributed by atoms with van der Waals surface area (Å²) in [6.07, 6.45) is 0.0734. The number of aliphatic carboxylic acids is 1. The third kappa shape index (κ3) is 5.52. The van der Waals surface area contributed by atoms with Crippen molar-refractivity contribution in [3.8, 4) is 0 Å². The zero-order valence-corrected chi connectivity index (χ0v) is 7.26. The van der Waals surface area contributed by atoms with Crippen LogP contribution in [0, 0.1) is 5.92 Å². The number of urea groups is 1. The second-order valence-electron chi connectivity index (χ2n) is 2.66. The Morgan fingerprint density at radius 1 is 1.50 bits per heavy atom. The second-order valence-corrected chi connectivity index (χ2v) is 2.66. The summed E-state index contributed by atoms with van der Waals surface area (Å²) in [4.78, 5) is 20.8. The molecule has 0 aliphatic carbocycles. The van der Waals surface area contributed by atoms with Gasteiger partial charge in [-0.1, -0.05) is 6.92 Å². The van der Waals surface area contributed by atoms with Gasteiger partial charge in [0.1, 0.15) is 0 Å². The van der Waals surface area contributed by atoms with Crippen molar-refractivity contribution in [3.63, 3.8) is 0 Å². The lowest BCUT2D eigenvalue weighted by Gasteiger charge is -2.09. The van der Waals surface area contributed by atoms with Gasteiger partial charge in [0, 0.05) is 20.0 Å². The van der Waals surface area contributed by atoms with Crippen molar-refractivity contribution in [1.29, 1.82) is 0 Å². The molecule has 0 aromatic rings. The Morgan fingerprint density at radius 3 is 2.50 bits per heavy atom. The maximum atomic E-state index is 10.6. The lowest BCUT2D eigenvalue weighted by molar-refractivity contribution is -0.137. The predicted molar refractivity (Wildman–Crippen MR) is 43.9 cm³/mol. The highest BCUT2D eigenvalue weighted by Gasteiger charge is 2.07. The second kappa shape index (κ2) is 5.40. The zero-order chi connectivity index (χ0) is 9.56. The Balaban J connectivity index is 3.50. The summed E-state index contributed by atoms with van der Waals surface area (Å²) in [5, 5.41) is 13.3. The molecule has 5 nitrogen and oxygen atoms in total. The van der Waals surface area contributed by atoms with Gasteiger partial charge in [0.25, 0.3) is 0 Å². The molecule has 0 saturated heterocycles. The van der Waals surface area contributed by atoms with E-state index in [2.05, 4.69) is 10.6 Å². The summed E-state index contributed by atoms with van der Waals surface area (Å²) in [6, 6.07) is -0.285. The van der Waals surface area contributed by atoms with Crippen molar-refractivity contribution in [1.82, 2.24) is 10.6 Å². The van der Waals surface area contributed by atoms with Crippen molar-refractivity contribution in [2.45, 2.75) is 13.3 Å². The topological polar surface area (TPSA) is 78.4 Å². The molecule has 0 aromatic carbocycles. The van der Waals surface area contributed by atoms with Gasteiger partial charge in [0.15, 0.2) is 0 Å². The third-order valence-corrected chi connectivity index (χ3v) is 1.36. The molecule has 3 N–H and O–H groups in total. The van der Waals surface area contributed by atoms with E-state index in [9.17, 15) is 9.59 Å². The molecule has 0 fully saturated rings. The highest BCUT2D eigenvalue weighted by atomic mass is 16.4. The minimum atomic E-state index is -0.846. The smallest absolute Gasteiger partial charge is 0.314 e. The molecule has 0 rings (SSSR count). The van der Waals surface area contributed by atoms with Crippen LogP contribution in [0.15, 0.2) is 0 Å². The van der Waals surface area contributed by atoms with Crippen molar-refractivity contribution < 1.29 is 14.7 Å². The average Bonchev–Trinajstić information content (AvgIpc) is 1.99. The highest BCUT2D eigenvalue weighted by Crippen LogP contribution is 1.98. The van der Waals surface area contributed by atoms with E-state index in [0.29, 0.717) is 6.54 Å². The molecule has 1 atom stereocenters. The Bertz CT molecular complexity index is 170. The molecule has 0 radical (unpaired) electrons. The number of hydrogen-bond acceptors (Lipinski definition) is 2. The first-order chi connectivity index (χ1) is 5.56. The normalized spacial score (nSPS) is 11.8. The summed E-state index contributed by atoms with van der Waals surface area (Å²) < 4.78 is 0. The zero-order valence-electron chi connectivity index (χ0n) is 7.26. The van der Waals surface area contributed by atoms with E-state index in [1.165, 1.54) is 7.05 Å². The van der Waals surface area contributed by atoms with Gasteiger partial charge in [-0.2, -0.15) is 0 Å². The molecule has 1 unspecified atom stereocenters. The molecule has 0 aliphatic heterocycles. The number of carbonyl (C=O) groups excluding carboxylic acids is 1. The van der Waals surface area contributed by atoms with E-state index >= 15 is 0 Å². The molecule has 0 aliphatic rings. The number of carboxylic acid groups (broad SMARTS) is 1. The summed E-state index contributed by atoms with van der Waals surface area (Å²) in [7, 11) is 1.51. The SMILES string of the molecule is CNC(=O)NCC(C)CC(=O)O. The fraction of sp³-hybridized carbons (Fsp3) is 0.714. The van der Waals surface area contributed by atoms with E-state index in [1.54, 1.807) is 6.92 Å². The van der Waals surface area contributed by atoms with Gasteiger partial charge < -0.3 is 15.7 Å². The largest absolute Gasteiger partial charge is 0.481 e. The maximum Gasteiger partial charge on any atom is 0.314 e. The fourth-order valence-corrected chi connectivity index (χ4v) is 0.726. The van der Waals surface area contributed by atoms with E-state index in [1.807, 2.05) is 0 Å². The molecule has 0 aromatic heterocycles. The van der Waals surface area contributed by atoms with Gasteiger partial charge in [0.05, 0.1) is 0 Å². The van der Waals surface area contributed by atoms with Gasteiger partial charge in [0.2, 0.25) is 0 Å². The van der Waals surface area contributed by atoms with Gasteiger partial charge in [-0.25, -0.2) is 4.79 Å². The first-order valence-electron chi connectivity index (χ1n) is 3.73. The molecular formula is C7H14N2O3. The van der Waals surface area contributed by atoms with Crippen LogP contribution >= 0.6 is 0 Å². The van der Waals surface area contributed by atoms with E-state index in [4.69, 9.17) is 5.11 Å². The van der Waals surface area contributed by atoms with Crippen LogP contribution in [0.4, 0.5) is 4.79 Å². The van der Waals surface area contributed by atoms with Crippen LogP contribution in [0.1, 0.15) is 13.3 Å². The van der Waals surface area contributed by atoms with Crippen LogP contribution in [0.25, 0.3) is 0 Å². The first-order valence-corrected chi connectivity index (χ1v) is 3.73. The molecule has 0 bridgehead atoms. The number of hydrogen-bond donors (Lipinski definition) is 3. The molecule has 70 valence electrons. The Labute approximate surface area is 71.1 Å².